The van der Waals surface area contributed by atoms with E-state index in [1.165, 1.54) is 12.8 Å². The van der Waals surface area contributed by atoms with Gasteiger partial charge in [0.05, 0.1) is 12.2 Å². The van der Waals surface area contributed by atoms with E-state index < -0.39 is 5.97 Å². The number of fused-ring (bicyclic) bond motifs is 1. The molecular formula is C17H21NO4. The van der Waals surface area contributed by atoms with Gasteiger partial charge in [-0.1, -0.05) is 12.8 Å². The largest absolute Gasteiger partial charge is 0.493 e. The molecule has 0 N–H and O–H groups in total. The molecule has 0 atom stereocenters. The van der Waals surface area contributed by atoms with Gasteiger partial charge in [0.25, 0.3) is 5.91 Å². The summed E-state index contributed by atoms with van der Waals surface area (Å²) < 4.78 is 10.6. The van der Waals surface area contributed by atoms with Crippen molar-refractivity contribution in [1.29, 1.82) is 0 Å². The van der Waals surface area contributed by atoms with Gasteiger partial charge in [0.1, 0.15) is 5.75 Å². The minimum Gasteiger partial charge on any atom is -0.493 e. The maximum Gasteiger partial charge on any atom is 0.338 e. The molecule has 3 rings (SSSR count). The molecule has 0 aliphatic carbocycles. The lowest BCUT2D eigenvalue weighted by Crippen LogP contribution is -2.35. The number of esters is 1. The van der Waals surface area contributed by atoms with Crippen LogP contribution >= 0.6 is 0 Å². The zero-order chi connectivity index (χ0) is 15.4. The van der Waals surface area contributed by atoms with E-state index in [9.17, 15) is 9.59 Å². The lowest BCUT2D eigenvalue weighted by molar-refractivity contribution is -0.134. The molecule has 0 saturated carbocycles. The van der Waals surface area contributed by atoms with Crippen LogP contribution in [-0.2, 0) is 16.0 Å². The van der Waals surface area contributed by atoms with Gasteiger partial charge < -0.3 is 14.4 Å². The van der Waals surface area contributed by atoms with E-state index in [1.54, 1.807) is 23.1 Å². The minimum atomic E-state index is -0.446. The zero-order valence-corrected chi connectivity index (χ0v) is 12.7. The fourth-order valence-electron chi connectivity index (χ4n) is 2.94. The fraction of sp³-hybridized carbons (Fsp3) is 0.529. The Balaban J connectivity index is 1.54. The molecule has 0 spiro atoms. The van der Waals surface area contributed by atoms with E-state index in [-0.39, 0.29) is 12.5 Å². The number of carbonyl (C=O) groups is 2. The average molecular weight is 303 g/mol. The summed E-state index contributed by atoms with van der Waals surface area (Å²) in [6, 6.07) is 5.26. The summed E-state index contributed by atoms with van der Waals surface area (Å²) in [7, 11) is 0. The highest BCUT2D eigenvalue weighted by molar-refractivity contribution is 5.91. The molecule has 1 aromatic carbocycles. The van der Waals surface area contributed by atoms with Gasteiger partial charge in [-0.2, -0.15) is 0 Å². The van der Waals surface area contributed by atoms with Gasteiger partial charge in [0, 0.05) is 19.5 Å². The second-order valence-corrected chi connectivity index (χ2v) is 5.79. The highest BCUT2D eigenvalue weighted by Gasteiger charge is 2.19. The van der Waals surface area contributed by atoms with Crippen molar-refractivity contribution in [1.82, 2.24) is 4.90 Å². The molecule has 1 saturated heterocycles. The van der Waals surface area contributed by atoms with Gasteiger partial charge in [0.2, 0.25) is 0 Å². The average Bonchev–Trinajstić information content (AvgIpc) is 2.83. The molecule has 5 heteroatoms. The molecule has 5 nitrogen and oxygen atoms in total. The van der Waals surface area contributed by atoms with E-state index in [4.69, 9.17) is 9.47 Å². The van der Waals surface area contributed by atoms with Crippen molar-refractivity contribution in [2.75, 3.05) is 26.3 Å². The normalized spacial score (nSPS) is 17.4. The van der Waals surface area contributed by atoms with Crippen LogP contribution in [0.1, 0.15) is 41.6 Å². The van der Waals surface area contributed by atoms with E-state index in [0.29, 0.717) is 12.2 Å². The number of rotatable bonds is 3. The topological polar surface area (TPSA) is 55.8 Å². The predicted octanol–water partition coefficient (Wildman–Crippen LogP) is 2.18. The van der Waals surface area contributed by atoms with E-state index >= 15 is 0 Å². The van der Waals surface area contributed by atoms with Crippen molar-refractivity contribution in [3.63, 3.8) is 0 Å². The van der Waals surface area contributed by atoms with Crippen molar-refractivity contribution >= 4 is 11.9 Å². The van der Waals surface area contributed by atoms with E-state index in [2.05, 4.69) is 0 Å². The number of ether oxygens (including phenoxy) is 2. The van der Waals surface area contributed by atoms with Crippen LogP contribution in [0.2, 0.25) is 0 Å². The zero-order valence-electron chi connectivity index (χ0n) is 12.7. The number of benzene rings is 1. The summed E-state index contributed by atoms with van der Waals surface area (Å²) >= 11 is 0. The molecule has 118 valence electrons. The third kappa shape index (κ3) is 3.40. The van der Waals surface area contributed by atoms with Gasteiger partial charge in [-0.3, -0.25) is 4.79 Å². The third-order valence-corrected chi connectivity index (χ3v) is 4.21. The molecule has 0 unspecified atom stereocenters. The molecule has 1 fully saturated rings. The standard InChI is InChI=1S/C17H21NO4/c19-16(18-8-3-1-2-4-9-18)12-22-17(20)14-5-6-15-13(11-14)7-10-21-15/h5-6,11H,1-4,7-10,12H2. The summed E-state index contributed by atoms with van der Waals surface area (Å²) in [6.07, 6.45) is 5.21. The first-order valence-corrected chi connectivity index (χ1v) is 7.95. The Bertz CT molecular complexity index is 562. The fourth-order valence-corrected chi connectivity index (χ4v) is 2.94. The highest BCUT2D eigenvalue weighted by Crippen LogP contribution is 2.26. The van der Waals surface area contributed by atoms with Crippen molar-refractivity contribution in [2.24, 2.45) is 0 Å². The first-order valence-electron chi connectivity index (χ1n) is 7.95. The first kappa shape index (κ1) is 14.9. The summed E-state index contributed by atoms with van der Waals surface area (Å²) in [5.74, 6) is 0.287. The maximum absolute atomic E-state index is 12.1. The number of hydrogen-bond acceptors (Lipinski definition) is 4. The van der Waals surface area contributed by atoms with Crippen LogP contribution in [0, 0.1) is 0 Å². The van der Waals surface area contributed by atoms with Crippen LogP contribution in [0.25, 0.3) is 0 Å². The van der Waals surface area contributed by atoms with Crippen LogP contribution in [-0.4, -0.2) is 43.1 Å². The molecule has 0 bridgehead atoms. The summed E-state index contributed by atoms with van der Waals surface area (Å²) in [6.45, 7) is 2.02. The Morgan fingerprint density at radius 3 is 2.68 bits per heavy atom. The van der Waals surface area contributed by atoms with Gasteiger partial charge in [-0.15, -0.1) is 0 Å². The van der Waals surface area contributed by atoms with Crippen molar-refractivity contribution in [2.45, 2.75) is 32.1 Å². The summed E-state index contributed by atoms with van der Waals surface area (Å²) in [5, 5.41) is 0. The van der Waals surface area contributed by atoms with Gasteiger partial charge >= 0.3 is 5.97 Å². The lowest BCUT2D eigenvalue weighted by atomic mass is 10.1. The van der Waals surface area contributed by atoms with Gasteiger partial charge in [0.15, 0.2) is 6.61 Å². The van der Waals surface area contributed by atoms with Crippen LogP contribution in [0.3, 0.4) is 0 Å². The Labute approximate surface area is 130 Å². The van der Waals surface area contributed by atoms with Crippen molar-refractivity contribution < 1.29 is 19.1 Å². The third-order valence-electron chi connectivity index (χ3n) is 4.21. The number of likely N-dealkylation sites (tertiary alicyclic amines) is 1. The molecule has 22 heavy (non-hydrogen) atoms. The van der Waals surface area contributed by atoms with Crippen LogP contribution < -0.4 is 4.74 Å². The van der Waals surface area contributed by atoms with Gasteiger partial charge in [-0.25, -0.2) is 4.79 Å². The molecule has 2 aliphatic rings. The molecule has 0 aromatic heterocycles. The number of amides is 1. The SMILES string of the molecule is O=C(OCC(=O)N1CCCCCC1)c1ccc2c(c1)CCO2. The number of carbonyl (C=O) groups excluding carboxylic acids is 2. The maximum atomic E-state index is 12.1. The molecular weight excluding hydrogens is 282 g/mol. The molecule has 1 amide bonds. The molecule has 2 aliphatic heterocycles. The smallest absolute Gasteiger partial charge is 0.338 e. The van der Waals surface area contributed by atoms with Crippen molar-refractivity contribution in [3.05, 3.63) is 29.3 Å². The Kier molecular flexibility index (Phi) is 4.61. The minimum absolute atomic E-state index is 0.0975. The molecule has 2 heterocycles. The Morgan fingerprint density at radius 2 is 1.91 bits per heavy atom. The predicted molar refractivity (Wildman–Crippen MR) is 81.0 cm³/mol. The van der Waals surface area contributed by atoms with Crippen LogP contribution in [0.4, 0.5) is 0 Å². The number of nitrogens with zero attached hydrogens (tertiary/aromatic N) is 1. The quantitative estimate of drug-likeness (QED) is 0.803. The van der Waals surface area contributed by atoms with Gasteiger partial charge in [-0.05, 0) is 36.6 Å². The second-order valence-electron chi connectivity index (χ2n) is 5.79. The Morgan fingerprint density at radius 1 is 1.14 bits per heavy atom. The monoisotopic (exact) mass is 303 g/mol. The van der Waals surface area contributed by atoms with E-state index in [0.717, 1.165) is 43.7 Å². The molecule has 1 aromatic rings. The number of hydrogen-bond donors (Lipinski definition) is 0. The highest BCUT2D eigenvalue weighted by atomic mass is 16.5. The Hall–Kier alpha value is -2.04. The summed E-state index contributed by atoms with van der Waals surface area (Å²) in [4.78, 5) is 26.0. The van der Waals surface area contributed by atoms with E-state index in [1.807, 2.05) is 0 Å². The first-order chi connectivity index (χ1) is 10.7. The van der Waals surface area contributed by atoms with Crippen LogP contribution in [0.15, 0.2) is 18.2 Å². The van der Waals surface area contributed by atoms with Crippen molar-refractivity contribution in [3.8, 4) is 5.75 Å². The van der Waals surface area contributed by atoms with Crippen LogP contribution in [0.5, 0.6) is 5.75 Å². The second kappa shape index (κ2) is 6.81. The summed E-state index contributed by atoms with van der Waals surface area (Å²) in [5.41, 5.74) is 1.50. The lowest BCUT2D eigenvalue weighted by Gasteiger charge is -2.19. The molecule has 0 radical (unpaired) electrons.